The van der Waals surface area contributed by atoms with Gasteiger partial charge in [-0.3, -0.25) is 10.1 Å². The Balaban J connectivity index is 3.35. The second-order valence-electron chi connectivity index (χ2n) is 2.85. The first kappa shape index (κ1) is 13.3. The van der Waals surface area contributed by atoms with Crippen LogP contribution in [0.4, 0.5) is 18.9 Å². The fourth-order valence-corrected chi connectivity index (χ4v) is 2.38. The van der Waals surface area contributed by atoms with Crippen LogP contribution >= 0.6 is 27.7 Å². The highest BCUT2D eigenvalue weighted by Gasteiger charge is 2.35. The lowest BCUT2D eigenvalue weighted by molar-refractivity contribution is -0.388. The van der Waals surface area contributed by atoms with Crippen LogP contribution in [0.1, 0.15) is 5.56 Å². The molecular weight excluding hydrogens is 311 g/mol. The molecule has 1 rings (SSSR count). The normalized spacial score (nSPS) is 11.6. The van der Waals surface area contributed by atoms with Crippen molar-refractivity contribution in [3.63, 3.8) is 0 Å². The molecule has 0 amide bonds. The van der Waals surface area contributed by atoms with E-state index in [2.05, 4.69) is 15.9 Å². The zero-order chi connectivity index (χ0) is 12.5. The molecule has 1 aromatic carbocycles. The van der Waals surface area contributed by atoms with E-state index in [0.717, 1.165) is 0 Å². The molecule has 16 heavy (non-hydrogen) atoms. The molecule has 0 fully saturated rings. The maximum absolute atomic E-state index is 12.2. The van der Waals surface area contributed by atoms with E-state index < -0.39 is 32.8 Å². The van der Waals surface area contributed by atoms with Gasteiger partial charge < -0.3 is 0 Å². The molecule has 0 radical (unpaired) electrons. The van der Waals surface area contributed by atoms with Crippen molar-refractivity contribution >= 4 is 33.4 Å². The average Bonchev–Trinajstić information content (AvgIpc) is 2.08. The predicted molar refractivity (Wildman–Crippen MR) is 57.4 cm³/mol. The highest BCUT2D eigenvalue weighted by atomic mass is 79.9. The van der Waals surface area contributed by atoms with Crippen LogP contribution in [0.2, 0.25) is 0 Å². The minimum atomic E-state index is -4.55. The van der Waals surface area contributed by atoms with Crippen LogP contribution in [0.5, 0.6) is 0 Å². The number of nitrogens with zero attached hydrogens (tertiary/aromatic N) is 1. The topological polar surface area (TPSA) is 43.1 Å². The van der Waals surface area contributed by atoms with E-state index in [1.807, 2.05) is 0 Å². The molecule has 88 valence electrons. The van der Waals surface area contributed by atoms with E-state index in [1.165, 1.54) is 19.1 Å². The van der Waals surface area contributed by atoms with Crippen LogP contribution in [0.25, 0.3) is 0 Å². The Bertz CT molecular complexity index is 436. The standard InChI is InChI=1S/C8H5BrF3NO2S/c1-4-2-3-5(9)7(6(4)13(14)15)16-8(10,11)12/h2-3H,1H3. The Labute approximate surface area is 101 Å². The molecular formula is C8H5BrF3NO2S. The van der Waals surface area contributed by atoms with Crippen LogP contribution in [-0.4, -0.2) is 10.4 Å². The highest BCUT2D eigenvalue weighted by Crippen LogP contribution is 2.45. The van der Waals surface area contributed by atoms with Gasteiger partial charge in [0.25, 0.3) is 5.69 Å². The van der Waals surface area contributed by atoms with Crippen LogP contribution in [0, 0.1) is 17.0 Å². The Hall–Kier alpha value is -0.760. The zero-order valence-corrected chi connectivity index (χ0v) is 10.2. The van der Waals surface area contributed by atoms with Gasteiger partial charge in [0, 0.05) is 10.0 Å². The summed E-state index contributed by atoms with van der Waals surface area (Å²) in [7, 11) is 0. The number of halogens is 4. The lowest BCUT2D eigenvalue weighted by atomic mass is 10.2. The van der Waals surface area contributed by atoms with Crippen molar-refractivity contribution in [1.82, 2.24) is 0 Å². The summed E-state index contributed by atoms with van der Waals surface area (Å²) in [6.45, 7) is 1.39. The molecule has 0 aliphatic carbocycles. The van der Waals surface area contributed by atoms with Crippen LogP contribution < -0.4 is 0 Å². The SMILES string of the molecule is Cc1ccc(Br)c(SC(F)(F)F)c1[N+](=O)[O-]. The van der Waals surface area contributed by atoms with Crippen molar-refractivity contribution in [2.75, 3.05) is 0 Å². The third kappa shape index (κ3) is 3.11. The molecule has 0 saturated heterocycles. The van der Waals surface area contributed by atoms with Gasteiger partial charge in [-0.1, -0.05) is 6.07 Å². The minimum absolute atomic E-state index is 0.0622. The first-order chi connectivity index (χ1) is 7.22. The Morgan fingerprint density at radius 1 is 1.44 bits per heavy atom. The first-order valence-electron chi connectivity index (χ1n) is 3.91. The number of alkyl halides is 3. The van der Waals surface area contributed by atoms with E-state index in [9.17, 15) is 23.3 Å². The second-order valence-corrected chi connectivity index (χ2v) is 4.78. The first-order valence-corrected chi connectivity index (χ1v) is 5.52. The van der Waals surface area contributed by atoms with E-state index in [4.69, 9.17) is 0 Å². The number of nitro benzene ring substituents is 1. The summed E-state index contributed by atoms with van der Waals surface area (Å²) in [6, 6.07) is 2.75. The molecule has 0 aliphatic rings. The summed E-state index contributed by atoms with van der Waals surface area (Å²) in [4.78, 5) is 9.45. The van der Waals surface area contributed by atoms with Crippen molar-refractivity contribution in [3.8, 4) is 0 Å². The number of hydrogen-bond acceptors (Lipinski definition) is 3. The van der Waals surface area contributed by atoms with Crippen molar-refractivity contribution in [1.29, 1.82) is 0 Å². The van der Waals surface area contributed by atoms with Crippen molar-refractivity contribution in [2.45, 2.75) is 17.3 Å². The predicted octanol–water partition coefficient (Wildman–Crippen LogP) is 4.28. The Kier molecular flexibility index (Phi) is 3.84. The van der Waals surface area contributed by atoms with Gasteiger partial charge in [0.2, 0.25) is 0 Å². The minimum Gasteiger partial charge on any atom is -0.258 e. The van der Waals surface area contributed by atoms with Crippen molar-refractivity contribution in [2.24, 2.45) is 0 Å². The van der Waals surface area contributed by atoms with Gasteiger partial charge in [0.05, 0.1) is 4.92 Å². The molecule has 0 aromatic heterocycles. The summed E-state index contributed by atoms with van der Waals surface area (Å²) >= 11 is 2.38. The molecule has 0 atom stereocenters. The number of thioether (sulfide) groups is 1. The van der Waals surface area contributed by atoms with Crippen LogP contribution in [0.15, 0.2) is 21.5 Å². The number of aryl methyl sites for hydroxylation is 1. The summed E-state index contributed by atoms with van der Waals surface area (Å²) in [6.07, 6.45) is 0. The van der Waals surface area contributed by atoms with Crippen LogP contribution in [0.3, 0.4) is 0 Å². The quantitative estimate of drug-likeness (QED) is 0.465. The highest BCUT2D eigenvalue weighted by molar-refractivity contribution is 9.10. The largest absolute Gasteiger partial charge is 0.446 e. The molecule has 8 heteroatoms. The molecule has 0 saturated carbocycles. The van der Waals surface area contributed by atoms with E-state index in [0.29, 0.717) is 0 Å². The zero-order valence-electron chi connectivity index (χ0n) is 7.84. The van der Waals surface area contributed by atoms with E-state index in [-0.39, 0.29) is 10.0 Å². The van der Waals surface area contributed by atoms with Gasteiger partial charge in [-0.2, -0.15) is 13.2 Å². The lowest BCUT2D eigenvalue weighted by Gasteiger charge is -2.09. The summed E-state index contributed by atoms with van der Waals surface area (Å²) < 4.78 is 36.7. The van der Waals surface area contributed by atoms with Gasteiger partial charge in [-0.25, -0.2) is 0 Å². The number of nitro groups is 1. The Morgan fingerprint density at radius 2 is 2.00 bits per heavy atom. The van der Waals surface area contributed by atoms with Crippen molar-refractivity contribution < 1.29 is 18.1 Å². The average molecular weight is 316 g/mol. The fourth-order valence-electron chi connectivity index (χ4n) is 1.08. The third-order valence-electron chi connectivity index (χ3n) is 1.69. The lowest BCUT2D eigenvalue weighted by Crippen LogP contribution is -2.03. The summed E-state index contributed by atoms with van der Waals surface area (Å²) in [5, 5.41) is 10.7. The van der Waals surface area contributed by atoms with Crippen LogP contribution in [-0.2, 0) is 0 Å². The smallest absolute Gasteiger partial charge is 0.258 e. The third-order valence-corrected chi connectivity index (χ3v) is 3.46. The van der Waals surface area contributed by atoms with Gasteiger partial charge in [-0.15, -0.1) is 0 Å². The monoisotopic (exact) mass is 315 g/mol. The molecule has 0 spiro atoms. The molecule has 0 aliphatic heterocycles. The number of hydrogen-bond donors (Lipinski definition) is 0. The molecule has 0 unspecified atom stereocenters. The van der Waals surface area contributed by atoms with Gasteiger partial charge in [0.1, 0.15) is 4.90 Å². The van der Waals surface area contributed by atoms with Gasteiger partial charge >= 0.3 is 5.51 Å². The Morgan fingerprint density at radius 3 is 2.44 bits per heavy atom. The van der Waals surface area contributed by atoms with E-state index in [1.54, 1.807) is 0 Å². The number of rotatable bonds is 2. The second kappa shape index (κ2) is 4.62. The van der Waals surface area contributed by atoms with Crippen molar-refractivity contribution in [3.05, 3.63) is 32.3 Å². The van der Waals surface area contributed by atoms with Gasteiger partial charge in [0.15, 0.2) is 0 Å². The maximum atomic E-state index is 12.2. The maximum Gasteiger partial charge on any atom is 0.446 e. The van der Waals surface area contributed by atoms with E-state index >= 15 is 0 Å². The molecule has 0 heterocycles. The molecule has 3 nitrogen and oxygen atoms in total. The molecule has 1 aromatic rings. The fraction of sp³-hybridized carbons (Fsp3) is 0.250. The molecule has 0 N–H and O–H groups in total. The summed E-state index contributed by atoms with van der Waals surface area (Å²) in [5.74, 6) is 0. The summed E-state index contributed by atoms with van der Waals surface area (Å²) in [5.41, 5.74) is -4.88. The van der Waals surface area contributed by atoms with Gasteiger partial charge in [-0.05, 0) is 40.7 Å². The number of benzene rings is 1. The molecule has 0 bridgehead atoms.